The van der Waals surface area contributed by atoms with Gasteiger partial charge < -0.3 is 0 Å². The van der Waals surface area contributed by atoms with E-state index in [2.05, 4.69) is 17.9 Å². The molecule has 0 bridgehead atoms. The van der Waals surface area contributed by atoms with Crippen LogP contribution in [0.3, 0.4) is 0 Å². The van der Waals surface area contributed by atoms with E-state index in [9.17, 15) is 8.42 Å². The second-order valence-corrected chi connectivity index (χ2v) is 3.39. The normalized spacial score (nSPS) is 10.8. The van der Waals surface area contributed by atoms with Gasteiger partial charge in [0, 0.05) is 6.54 Å². The van der Waals surface area contributed by atoms with Crippen molar-refractivity contribution >= 4 is 10.0 Å². The molecule has 0 spiro atoms. The Bertz CT molecular complexity index is 206. The van der Waals surface area contributed by atoms with Crippen LogP contribution in [0.4, 0.5) is 0 Å². The smallest absolute Gasteiger partial charge is 0.211 e. The molecule has 0 aliphatic heterocycles. The van der Waals surface area contributed by atoms with Crippen molar-refractivity contribution in [2.45, 2.75) is 0 Å². The van der Waals surface area contributed by atoms with E-state index < -0.39 is 10.0 Å². The Hall–Kier alpha value is -0.610. The average Bonchev–Trinajstić information content (AvgIpc) is 1.84. The molecule has 3 nitrogen and oxygen atoms in total. The molecule has 0 aliphatic carbocycles. The molecule has 0 fully saturated rings. The van der Waals surface area contributed by atoms with Crippen LogP contribution < -0.4 is 4.72 Å². The Balaban J connectivity index is 3.87. The molecular weight excluding hydrogens is 150 g/mol. The van der Waals surface area contributed by atoms with Crippen LogP contribution in [0.15, 0.2) is 25.3 Å². The van der Waals surface area contributed by atoms with E-state index in [0.717, 1.165) is 0 Å². The Morgan fingerprint density at radius 3 is 2.30 bits per heavy atom. The second-order valence-electron chi connectivity index (χ2n) is 1.64. The Labute approximate surface area is 61.5 Å². The number of nitrogens with zero attached hydrogens (tertiary/aromatic N) is 1. The summed E-state index contributed by atoms with van der Waals surface area (Å²) in [5, 5.41) is 0. The molecule has 57 valence electrons. The van der Waals surface area contributed by atoms with Gasteiger partial charge in [0.2, 0.25) is 10.0 Å². The lowest BCUT2D eigenvalue weighted by Gasteiger charge is -1.95. The third-order valence-corrected chi connectivity index (χ3v) is 1.93. The first-order valence-electron chi connectivity index (χ1n) is 2.75. The van der Waals surface area contributed by atoms with Crippen molar-refractivity contribution in [2.75, 3.05) is 12.3 Å². The van der Waals surface area contributed by atoms with Gasteiger partial charge in [-0.3, -0.25) is 0 Å². The predicted octanol–water partition coefficient (Wildman–Crippen LogP) is 0.293. The summed E-state index contributed by atoms with van der Waals surface area (Å²) in [4.78, 5) is 0. The SMILES string of the molecule is C=CC[N]S(=O)(=O)CC=C. The van der Waals surface area contributed by atoms with Crippen molar-refractivity contribution in [3.05, 3.63) is 25.3 Å². The molecule has 0 heterocycles. The summed E-state index contributed by atoms with van der Waals surface area (Å²) in [6.07, 6.45) is 2.74. The zero-order valence-electron chi connectivity index (χ0n) is 5.66. The highest BCUT2D eigenvalue weighted by Gasteiger charge is 2.05. The topological polar surface area (TPSA) is 48.2 Å². The fourth-order valence-electron chi connectivity index (χ4n) is 0.368. The second kappa shape index (κ2) is 4.24. The molecule has 0 aromatic rings. The third-order valence-electron chi connectivity index (χ3n) is 0.729. The van der Waals surface area contributed by atoms with Crippen LogP contribution in [0.5, 0.6) is 0 Å². The molecule has 0 saturated carbocycles. The lowest BCUT2D eigenvalue weighted by Crippen LogP contribution is -2.18. The zero-order chi connectivity index (χ0) is 8.04. The maximum absolute atomic E-state index is 10.7. The highest BCUT2D eigenvalue weighted by Crippen LogP contribution is 1.85. The molecule has 0 unspecified atom stereocenters. The van der Waals surface area contributed by atoms with E-state index in [4.69, 9.17) is 0 Å². The number of rotatable bonds is 5. The van der Waals surface area contributed by atoms with Crippen LogP contribution in [0, 0.1) is 0 Å². The Kier molecular flexibility index (Phi) is 3.99. The van der Waals surface area contributed by atoms with Crippen LogP contribution >= 0.6 is 0 Å². The number of hydrogen-bond donors (Lipinski definition) is 0. The minimum atomic E-state index is -3.26. The predicted molar refractivity (Wildman–Crippen MR) is 41.2 cm³/mol. The van der Waals surface area contributed by atoms with Gasteiger partial charge in [-0.1, -0.05) is 12.2 Å². The largest absolute Gasteiger partial charge is 0.231 e. The molecule has 0 atom stereocenters. The molecule has 0 N–H and O–H groups in total. The van der Waals surface area contributed by atoms with E-state index in [0.29, 0.717) is 0 Å². The maximum Gasteiger partial charge on any atom is 0.231 e. The lowest BCUT2D eigenvalue weighted by molar-refractivity contribution is 0.587. The van der Waals surface area contributed by atoms with Crippen molar-refractivity contribution in [1.29, 1.82) is 0 Å². The zero-order valence-corrected chi connectivity index (χ0v) is 6.47. The van der Waals surface area contributed by atoms with Gasteiger partial charge in [0.1, 0.15) is 0 Å². The highest BCUT2D eigenvalue weighted by molar-refractivity contribution is 7.89. The summed E-state index contributed by atoms with van der Waals surface area (Å²) < 4.78 is 24.8. The molecule has 0 aromatic heterocycles. The third kappa shape index (κ3) is 4.29. The van der Waals surface area contributed by atoms with E-state index in [1.807, 2.05) is 0 Å². The van der Waals surface area contributed by atoms with Crippen LogP contribution in [-0.4, -0.2) is 20.7 Å². The molecule has 0 rings (SSSR count). The van der Waals surface area contributed by atoms with Gasteiger partial charge in [0.15, 0.2) is 0 Å². The molecule has 0 amide bonds. The van der Waals surface area contributed by atoms with E-state index in [-0.39, 0.29) is 12.3 Å². The van der Waals surface area contributed by atoms with Crippen LogP contribution in [0.2, 0.25) is 0 Å². The lowest BCUT2D eigenvalue weighted by atomic mass is 10.7. The van der Waals surface area contributed by atoms with Crippen LogP contribution in [-0.2, 0) is 10.0 Å². The van der Waals surface area contributed by atoms with Crippen molar-refractivity contribution in [3.8, 4) is 0 Å². The van der Waals surface area contributed by atoms with E-state index >= 15 is 0 Å². The number of sulfonamides is 1. The fraction of sp³-hybridized carbons (Fsp3) is 0.333. The highest BCUT2D eigenvalue weighted by atomic mass is 32.2. The van der Waals surface area contributed by atoms with Gasteiger partial charge in [-0.15, -0.1) is 17.9 Å². The summed E-state index contributed by atoms with van der Waals surface area (Å²) in [5.74, 6) is -0.0964. The summed E-state index contributed by atoms with van der Waals surface area (Å²) in [7, 11) is -3.26. The molecule has 10 heavy (non-hydrogen) atoms. The quantitative estimate of drug-likeness (QED) is 0.543. The Morgan fingerprint density at radius 1 is 1.30 bits per heavy atom. The first kappa shape index (κ1) is 9.39. The standard InChI is InChI=1S/C6H10NO2S/c1-3-5-7-10(8,9)6-4-2/h3-4H,1-2,5-6H2. The summed E-state index contributed by atoms with van der Waals surface area (Å²) in [6.45, 7) is 6.78. The Morgan fingerprint density at radius 2 is 1.90 bits per heavy atom. The first-order valence-corrected chi connectivity index (χ1v) is 4.36. The van der Waals surface area contributed by atoms with Crippen molar-refractivity contribution < 1.29 is 8.42 Å². The fourth-order valence-corrected chi connectivity index (χ4v) is 1.10. The monoisotopic (exact) mass is 160 g/mol. The molecule has 0 aliphatic rings. The van der Waals surface area contributed by atoms with Crippen LogP contribution in [0.25, 0.3) is 0 Å². The summed E-state index contributed by atoms with van der Waals surface area (Å²) >= 11 is 0. The van der Waals surface area contributed by atoms with Gasteiger partial charge in [0.25, 0.3) is 0 Å². The van der Waals surface area contributed by atoms with Gasteiger partial charge in [-0.25, -0.2) is 8.42 Å². The van der Waals surface area contributed by atoms with Gasteiger partial charge >= 0.3 is 0 Å². The average molecular weight is 160 g/mol. The number of hydrogen-bond acceptors (Lipinski definition) is 2. The van der Waals surface area contributed by atoms with Gasteiger partial charge in [-0.05, 0) is 0 Å². The first-order chi connectivity index (χ1) is 4.62. The maximum atomic E-state index is 10.7. The van der Waals surface area contributed by atoms with E-state index in [1.54, 1.807) is 0 Å². The summed E-state index contributed by atoms with van der Waals surface area (Å²) in [5.41, 5.74) is 0. The van der Waals surface area contributed by atoms with Crippen molar-refractivity contribution in [2.24, 2.45) is 0 Å². The minimum absolute atomic E-state index is 0.0964. The molecule has 0 aromatic carbocycles. The molecular formula is C6H10NO2S. The van der Waals surface area contributed by atoms with Crippen molar-refractivity contribution in [3.63, 3.8) is 0 Å². The molecule has 1 radical (unpaired) electrons. The molecule has 4 heteroatoms. The van der Waals surface area contributed by atoms with E-state index in [1.165, 1.54) is 12.2 Å². The van der Waals surface area contributed by atoms with Crippen molar-refractivity contribution in [1.82, 2.24) is 4.72 Å². The van der Waals surface area contributed by atoms with Gasteiger partial charge in [-0.2, -0.15) is 0 Å². The molecule has 0 saturated heterocycles. The van der Waals surface area contributed by atoms with Gasteiger partial charge in [0.05, 0.1) is 5.75 Å². The minimum Gasteiger partial charge on any atom is -0.211 e. The summed E-state index contributed by atoms with van der Waals surface area (Å²) in [6, 6.07) is 0. The van der Waals surface area contributed by atoms with Crippen LogP contribution in [0.1, 0.15) is 0 Å².